The number of alkyl halides is 3. The third kappa shape index (κ3) is 4.82. The van der Waals surface area contributed by atoms with Crippen molar-refractivity contribution in [3.63, 3.8) is 0 Å². The summed E-state index contributed by atoms with van der Waals surface area (Å²) in [5.74, 6) is -0.0373. The first kappa shape index (κ1) is 21.4. The van der Waals surface area contributed by atoms with Crippen LogP contribution in [0.4, 0.5) is 13.2 Å². The average Bonchev–Trinajstić information content (AvgIpc) is 3.11. The van der Waals surface area contributed by atoms with Crippen molar-refractivity contribution in [1.29, 1.82) is 5.26 Å². The Morgan fingerprint density at radius 1 is 1.33 bits per heavy atom. The molecule has 2 aromatic rings. The topological polar surface area (TPSA) is 79.9 Å². The van der Waals surface area contributed by atoms with Crippen molar-refractivity contribution in [3.05, 3.63) is 53.4 Å². The lowest BCUT2D eigenvalue weighted by atomic mass is 9.83. The molecule has 0 bridgehead atoms. The van der Waals surface area contributed by atoms with Gasteiger partial charge in [0.2, 0.25) is 0 Å². The number of halogens is 3. The summed E-state index contributed by atoms with van der Waals surface area (Å²) in [5.41, 5.74) is 1.41. The third-order valence-corrected chi connectivity index (χ3v) is 4.89. The van der Waals surface area contributed by atoms with Crippen LogP contribution in [-0.4, -0.2) is 28.5 Å². The Kier molecular flexibility index (Phi) is 5.87. The van der Waals surface area contributed by atoms with Crippen LogP contribution in [0.3, 0.4) is 0 Å². The zero-order valence-corrected chi connectivity index (χ0v) is 16.6. The zero-order chi connectivity index (χ0) is 21.9. The molecule has 0 unspecified atom stereocenters. The predicted molar refractivity (Wildman–Crippen MR) is 103 cm³/mol. The molecule has 1 amide bonds. The number of amides is 1. The van der Waals surface area contributed by atoms with Gasteiger partial charge in [-0.2, -0.15) is 23.5 Å². The molecule has 0 fully saturated rings. The van der Waals surface area contributed by atoms with E-state index in [0.29, 0.717) is 17.9 Å². The summed E-state index contributed by atoms with van der Waals surface area (Å²) in [7, 11) is 0. The summed E-state index contributed by atoms with van der Waals surface area (Å²) in [4.78, 5) is 12.6. The van der Waals surface area contributed by atoms with Crippen molar-refractivity contribution in [2.24, 2.45) is 0 Å². The average molecular weight is 418 g/mol. The Balaban J connectivity index is 1.76. The van der Waals surface area contributed by atoms with Crippen molar-refractivity contribution in [3.8, 4) is 11.8 Å². The van der Waals surface area contributed by atoms with Crippen molar-refractivity contribution in [2.45, 2.75) is 44.8 Å². The first-order valence-corrected chi connectivity index (χ1v) is 9.39. The van der Waals surface area contributed by atoms with Crippen LogP contribution in [0.15, 0.2) is 42.2 Å². The quantitative estimate of drug-likeness (QED) is 0.717. The van der Waals surface area contributed by atoms with Crippen LogP contribution in [0.1, 0.15) is 37.3 Å². The lowest BCUT2D eigenvalue weighted by Gasteiger charge is -2.36. The summed E-state index contributed by atoms with van der Waals surface area (Å²) in [5, 5.41) is 16.5. The molecule has 6 nitrogen and oxygen atoms in total. The molecule has 0 spiro atoms. The second-order valence-corrected chi connectivity index (χ2v) is 7.45. The highest BCUT2D eigenvalue weighted by Crippen LogP contribution is 2.36. The summed E-state index contributed by atoms with van der Waals surface area (Å²) in [6.45, 7) is 3.67. The second kappa shape index (κ2) is 8.22. The molecule has 1 aliphatic heterocycles. The minimum absolute atomic E-state index is 0.0141. The molecule has 0 saturated heterocycles. The molecule has 1 N–H and O–H groups in total. The first-order chi connectivity index (χ1) is 14.1. The molecule has 1 atom stereocenters. The van der Waals surface area contributed by atoms with E-state index in [4.69, 9.17) is 4.74 Å². The van der Waals surface area contributed by atoms with Crippen LogP contribution in [0, 0.1) is 18.3 Å². The molecule has 2 heterocycles. The van der Waals surface area contributed by atoms with Gasteiger partial charge in [0, 0.05) is 19.0 Å². The normalized spacial score (nSPS) is 19.4. The molecule has 1 aromatic carbocycles. The maximum atomic E-state index is 12.6. The van der Waals surface area contributed by atoms with E-state index >= 15 is 0 Å². The van der Waals surface area contributed by atoms with Crippen LogP contribution in [0.25, 0.3) is 5.70 Å². The number of nitriles is 1. The fraction of sp³-hybridized carbons (Fsp3) is 0.381. The van der Waals surface area contributed by atoms with Crippen LogP contribution in [0.2, 0.25) is 0 Å². The number of rotatable bonds is 6. The van der Waals surface area contributed by atoms with Crippen LogP contribution < -0.4 is 10.1 Å². The van der Waals surface area contributed by atoms with E-state index in [1.165, 1.54) is 0 Å². The Labute approximate surface area is 171 Å². The number of benzene rings is 1. The van der Waals surface area contributed by atoms with Gasteiger partial charge in [0.25, 0.3) is 5.91 Å². The summed E-state index contributed by atoms with van der Waals surface area (Å²) in [6, 6.07) is 8.77. The number of nitrogens with zero attached hydrogens (tertiary/aromatic N) is 3. The number of nitrogens with one attached hydrogen (secondary N) is 1. The SMILES string of the molecule is Cc1cnn(C2=C(C#N)C(=O)N[C@](C)(c3ccc(OCCCC(F)(F)F)cc3)C2)c1. The van der Waals surface area contributed by atoms with Crippen LogP contribution in [0.5, 0.6) is 5.75 Å². The van der Waals surface area contributed by atoms with Crippen molar-refractivity contribution in [2.75, 3.05) is 6.61 Å². The number of carbonyl (C=O) groups excluding carboxylic acids is 1. The van der Waals surface area contributed by atoms with Gasteiger partial charge < -0.3 is 10.1 Å². The van der Waals surface area contributed by atoms with Gasteiger partial charge in [-0.25, -0.2) is 4.68 Å². The molecule has 9 heteroatoms. The number of ether oxygens (including phenoxy) is 1. The predicted octanol–water partition coefficient (Wildman–Crippen LogP) is 4.08. The van der Waals surface area contributed by atoms with Gasteiger partial charge in [0.15, 0.2) is 0 Å². The molecular weight excluding hydrogens is 397 g/mol. The highest BCUT2D eigenvalue weighted by molar-refractivity contribution is 6.04. The highest BCUT2D eigenvalue weighted by Gasteiger charge is 2.38. The lowest BCUT2D eigenvalue weighted by Crippen LogP contribution is -2.48. The number of hydrogen-bond donors (Lipinski definition) is 1. The van der Waals surface area contributed by atoms with E-state index in [-0.39, 0.29) is 18.6 Å². The number of carbonyl (C=O) groups is 1. The van der Waals surface area contributed by atoms with E-state index in [1.54, 1.807) is 41.3 Å². The van der Waals surface area contributed by atoms with E-state index in [1.807, 2.05) is 19.9 Å². The monoisotopic (exact) mass is 418 g/mol. The smallest absolute Gasteiger partial charge is 0.389 e. The fourth-order valence-corrected chi connectivity index (χ4v) is 3.34. The molecule has 0 aliphatic carbocycles. The van der Waals surface area contributed by atoms with Crippen molar-refractivity contribution >= 4 is 11.6 Å². The first-order valence-electron chi connectivity index (χ1n) is 9.39. The van der Waals surface area contributed by atoms with Gasteiger partial charge in [-0.3, -0.25) is 4.79 Å². The molecule has 0 saturated carbocycles. The standard InChI is InChI=1S/C21H21F3N4O2/c1-14-12-26-28(13-14)18-10-20(2,27-19(29)17(18)11-25)15-4-6-16(7-5-15)30-9-3-8-21(22,23)24/h4-7,12-13H,3,8-10H2,1-2H3,(H,27,29)/t20-/m0/s1. The van der Waals surface area contributed by atoms with Gasteiger partial charge in [-0.05, 0) is 43.5 Å². The minimum Gasteiger partial charge on any atom is -0.494 e. The number of aromatic nitrogens is 2. The van der Waals surface area contributed by atoms with E-state index in [2.05, 4.69) is 10.4 Å². The molecule has 30 heavy (non-hydrogen) atoms. The number of hydrogen-bond acceptors (Lipinski definition) is 4. The molecule has 3 rings (SSSR count). The fourth-order valence-electron chi connectivity index (χ4n) is 3.34. The molecule has 1 aromatic heterocycles. The third-order valence-electron chi connectivity index (χ3n) is 4.89. The van der Waals surface area contributed by atoms with Crippen molar-refractivity contribution < 1.29 is 22.7 Å². The van der Waals surface area contributed by atoms with Gasteiger partial charge in [-0.15, -0.1) is 0 Å². The van der Waals surface area contributed by atoms with Gasteiger partial charge in [-0.1, -0.05) is 12.1 Å². The second-order valence-electron chi connectivity index (χ2n) is 7.45. The van der Waals surface area contributed by atoms with Gasteiger partial charge >= 0.3 is 6.18 Å². The van der Waals surface area contributed by atoms with E-state index in [0.717, 1.165) is 11.1 Å². The Bertz CT molecular complexity index is 1000. The Morgan fingerprint density at radius 2 is 2.03 bits per heavy atom. The maximum absolute atomic E-state index is 12.6. The number of aryl methyl sites for hydroxylation is 1. The summed E-state index contributed by atoms with van der Waals surface area (Å²) < 4.78 is 43.5. The van der Waals surface area contributed by atoms with Crippen LogP contribution >= 0.6 is 0 Å². The molecule has 1 aliphatic rings. The minimum atomic E-state index is -4.19. The Morgan fingerprint density at radius 3 is 2.60 bits per heavy atom. The largest absolute Gasteiger partial charge is 0.494 e. The van der Waals surface area contributed by atoms with Crippen LogP contribution in [-0.2, 0) is 10.3 Å². The maximum Gasteiger partial charge on any atom is 0.389 e. The van der Waals surface area contributed by atoms with E-state index < -0.39 is 24.0 Å². The van der Waals surface area contributed by atoms with Crippen molar-refractivity contribution in [1.82, 2.24) is 15.1 Å². The molecular formula is C21H21F3N4O2. The highest BCUT2D eigenvalue weighted by atomic mass is 19.4. The van der Waals surface area contributed by atoms with Gasteiger partial charge in [0.1, 0.15) is 17.4 Å². The lowest BCUT2D eigenvalue weighted by molar-refractivity contribution is -0.136. The zero-order valence-electron chi connectivity index (χ0n) is 16.6. The molecule has 0 radical (unpaired) electrons. The summed E-state index contributed by atoms with van der Waals surface area (Å²) >= 11 is 0. The van der Waals surface area contributed by atoms with Gasteiger partial charge in [0.05, 0.1) is 24.0 Å². The summed E-state index contributed by atoms with van der Waals surface area (Å²) in [6.07, 6.45) is -1.46. The Hall–Kier alpha value is -3.28. The van der Waals surface area contributed by atoms with E-state index in [9.17, 15) is 23.2 Å². The molecule has 158 valence electrons.